The van der Waals surface area contributed by atoms with Crippen molar-refractivity contribution >= 4 is 6.09 Å². The average molecular weight is 311 g/mol. The molecule has 2 rings (SSSR count). The van der Waals surface area contributed by atoms with Crippen LogP contribution in [-0.2, 0) is 9.47 Å². The van der Waals surface area contributed by atoms with Crippen LogP contribution in [0.3, 0.4) is 0 Å². The van der Waals surface area contributed by atoms with Gasteiger partial charge in [0, 0.05) is 5.56 Å². The van der Waals surface area contributed by atoms with Gasteiger partial charge in [-0.05, 0) is 51.5 Å². The van der Waals surface area contributed by atoms with Crippen LogP contribution in [0.2, 0.25) is 0 Å². The maximum Gasteiger partial charge on any atom is 0.408 e. The summed E-state index contributed by atoms with van der Waals surface area (Å²) in [7, 11) is 0. The summed E-state index contributed by atoms with van der Waals surface area (Å²) in [5.41, 5.74) is -0.583. The lowest BCUT2D eigenvalue weighted by molar-refractivity contribution is 0.0368. The van der Waals surface area contributed by atoms with Crippen LogP contribution in [0, 0.1) is 11.6 Å². The van der Waals surface area contributed by atoms with Crippen molar-refractivity contribution < 1.29 is 23.0 Å². The molecule has 6 heteroatoms. The van der Waals surface area contributed by atoms with E-state index in [9.17, 15) is 13.6 Å². The first-order valence-electron chi connectivity index (χ1n) is 7.01. The summed E-state index contributed by atoms with van der Waals surface area (Å²) < 4.78 is 37.9. The van der Waals surface area contributed by atoms with Gasteiger partial charge in [-0.3, -0.25) is 0 Å². The van der Waals surface area contributed by atoms with E-state index in [2.05, 4.69) is 5.32 Å². The number of ether oxygens (including phenoxy) is 2. The number of halogens is 2. The summed E-state index contributed by atoms with van der Waals surface area (Å²) in [6.45, 7) is 5.23. The minimum Gasteiger partial charge on any atom is -0.491 e. The highest BCUT2D eigenvalue weighted by Gasteiger charge is 2.31. The Kier molecular flexibility index (Phi) is 4.68. The van der Waals surface area contributed by atoms with Gasteiger partial charge >= 0.3 is 6.09 Å². The molecule has 1 aromatic carbocycles. The van der Waals surface area contributed by atoms with Gasteiger partial charge in [-0.1, -0.05) is 0 Å². The van der Waals surface area contributed by atoms with E-state index >= 15 is 0 Å². The highest BCUT2D eigenvalue weighted by Crippen LogP contribution is 2.30. The minimum atomic E-state index is -0.812. The van der Waals surface area contributed by atoms with Crippen LogP contribution in [0.4, 0.5) is 13.6 Å². The van der Waals surface area contributed by atoms with Gasteiger partial charge in [0.05, 0.1) is 12.3 Å². The van der Waals surface area contributed by atoms with Crippen LogP contribution in [0.25, 0.3) is 0 Å². The van der Waals surface area contributed by atoms with Crippen molar-refractivity contribution in [1.29, 1.82) is 0 Å². The number of rotatable bonds is 2. The Morgan fingerprint density at radius 1 is 1.36 bits per heavy atom. The van der Waals surface area contributed by atoms with Crippen molar-refractivity contribution in [2.75, 3.05) is 0 Å². The molecule has 0 aromatic heterocycles. The Hall–Kier alpha value is -2.11. The maximum atomic E-state index is 13.9. The average Bonchev–Trinajstić information content (AvgIpc) is 2.40. The second-order valence-electron chi connectivity index (χ2n) is 6.08. The number of carbonyl (C=O) groups is 1. The summed E-state index contributed by atoms with van der Waals surface area (Å²) in [6, 6.07) is 2.60. The molecule has 0 saturated carbocycles. The Morgan fingerprint density at radius 3 is 2.77 bits per heavy atom. The van der Waals surface area contributed by atoms with Crippen molar-refractivity contribution in [3.05, 3.63) is 47.7 Å². The van der Waals surface area contributed by atoms with E-state index in [-0.39, 0.29) is 5.56 Å². The highest BCUT2D eigenvalue weighted by atomic mass is 19.1. The summed E-state index contributed by atoms with van der Waals surface area (Å²) >= 11 is 0. The highest BCUT2D eigenvalue weighted by molar-refractivity contribution is 5.68. The smallest absolute Gasteiger partial charge is 0.408 e. The molecule has 0 unspecified atom stereocenters. The molecule has 0 radical (unpaired) electrons. The fraction of sp³-hybridized carbons (Fsp3) is 0.438. The third-order valence-electron chi connectivity index (χ3n) is 3.04. The summed E-state index contributed by atoms with van der Waals surface area (Å²) in [5.74, 6) is -1.15. The molecule has 2 atom stereocenters. The predicted molar refractivity (Wildman–Crippen MR) is 77.1 cm³/mol. The molecule has 120 valence electrons. The van der Waals surface area contributed by atoms with E-state index in [0.29, 0.717) is 6.42 Å². The molecule has 0 saturated heterocycles. The molecule has 1 amide bonds. The normalized spacial score (nSPS) is 21.1. The number of amides is 1. The van der Waals surface area contributed by atoms with Gasteiger partial charge < -0.3 is 14.8 Å². The predicted octanol–water partition coefficient (Wildman–Crippen LogP) is 3.83. The number of hydrogen-bond donors (Lipinski definition) is 1. The summed E-state index contributed by atoms with van der Waals surface area (Å²) in [6.07, 6.45) is 2.11. The first kappa shape index (κ1) is 16.3. The molecule has 0 bridgehead atoms. The number of hydrogen-bond acceptors (Lipinski definition) is 3. The lowest BCUT2D eigenvalue weighted by Crippen LogP contribution is -2.43. The van der Waals surface area contributed by atoms with Gasteiger partial charge in [0.25, 0.3) is 0 Å². The van der Waals surface area contributed by atoms with Crippen LogP contribution in [-0.4, -0.2) is 17.7 Å². The zero-order chi connectivity index (χ0) is 16.3. The van der Waals surface area contributed by atoms with E-state index in [4.69, 9.17) is 9.47 Å². The molecular formula is C16H19F2NO3. The molecule has 4 nitrogen and oxygen atoms in total. The van der Waals surface area contributed by atoms with Gasteiger partial charge in [-0.25, -0.2) is 13.6 Å². The number of carbonyl (C=O) groups excluding carboxylic acids is 1. The molecule has 1 aliphatic heterocycles. The standard InChI is InChI=1S/C16H19F2NO3/c1-16(2,3)22-15(20)19-13-5-4-8-21-14(13)11-9-10(17)6-7-12(11)18/h4,6-9,13-14H,5H2,1-3H3,(H,19,20)/t13-,14-/m1/s1. The third kappa shape index (κ3) is 4.19. The quantitative estimate of drug-likeness (QED) is 0.903. The third-order valence-corrected chi connectivity index (χ3v) is 3.04. The van der Waals surface area contributed by atoms with Gasteiger partial charge in [-0.2, -0.15) is 0 Å². The SMILES string of the molecule is CC(C)(C)OC(=O)N[C@@H]1CC=CO[C@@H]1c1cc(F)ccc1F. The monoisotopic (exact) mass is 311 g/mol. The van der Waals surface area contributed by atoms with Crippen molar-refractivity contribution in [3.63, 3.8) is 0 Å². The van der Waals surface area contributed by atoms with E-state index in [0.717, 1.165) is 18.2 Å². The van der Waals surface area contributed by atoms with Crippen LogP contribution in [0.5, 0.6) is 0 Å². The largest absolute Gasteiger partial charge is 0.491 e. The topological polar surface area (TPSA) is 47.6 Å². The Labute approximate surface area is 128 Å². The van der Waals surface area contributed by atoms with Gasteiger partial charge in [0.1, 0.15) is 23.3 Å². The van der Waals surface area contributed by atoms with Crippen molar-refractivity contribution in [2.24, 2.45) is 0 Å². The molecule has 0 fully saturated rings. The number of nitrogens with one attached hydrogen (secondary N) is 1. The van der Waals surface area contributed by atoms with Crippen molar-refractivity contribution in [1.82, 2.24) is 5.32 Å². The number of benzene rings is 1. The lowest BCUT2D eigenvalue weighted by atomic mass is 9.97. The second-order valence-corrected chi connectivity index (χ2v) is 6.08. The van der Waals surface area contributed by atoms with E-state index in [1.54, 1.807) is 26.8 Å². The Morgan fingerprint density at radius 2 is 2.09 bits per heavy atom. The zero-order valence-electron chi connectivity index (χ0n) is 12.7. The number of alkyl carbamates (subject to hydrolysis) is 1. The Balaban J connectivity index is 2.17. The first-order chi connectivity index (χ1) is 10.3. The lowest BCUT2D eigenvalue weighted by Gasteiger charge is -2.31. The summed E-state index contributed by atoms with van der Waals surface area (Å²) in [5, 5.41) is 2.64. The van der Waals surface area contributed by atoms with Gasteiger partial charge in [-0.15, -0.1) is 0 Å². The van der Waals surface area contributed by atoms with Crippen LogP contribution < -0.4 is 5.32 Å². The first-order valence-corrected chi connectivity index (χ1v) is 7.01. The van der Waals surface area contributed by atoms with E-state index < -0.39 is 35.5 Å². The van der Waals surface area contributed by atoms with Crippen LogP contribution in [0.1, 0.15) is 38.9 Å². The maximum absolute atomic E-state index is 13.9. The van der Waals surface area contributed by atoms with Crippen LogP contribution >= 0.6 is 0 Å². The fourth-order valence-electron chi connectivity index (χ4n) is 2.18. The molecule has 0 spiro atoms. The molecule has 1 N–H and O–H groups in total. The van der Waals surface area contributed by atoms with E-state index in [1.165, 1.54) is 6.26 Å². The van der Waals surface area contributed by atoms with Gasteiger partial charge in [0.2, 0.25) is 0 Å². The van der Waals surface area contributed by atoms with Crippen molar-refractivity contribution in [3.8, 4) is 0 Å². The van der Waals surface area contributed by atoms with E-state index in [1.807, 2.05) is 0 Å². The van der Waals surface area contributed by atoms with Crippen LogP contribution in [0.15, 0.2) is 30.5 Å². The fourth-order valence-corrected chi connectivity index (χ4v) is 2.18. The minimum absolute atomic E-state index is 0.0606. The molecular weight excluding hydrogens is 292 g/mol. The molecule has 1 aromatic rings. The Bertz CT molecular complexity index is 581. The van der Waals surface area contributed by atoms with Gasteiger partial charge in [0.15, 0.2) is 0 Å². The van der Waals surface area contributed by atoms with Crippen molar-refractivity contribution in [2.45, 2.75) is 44.9 Å². The zero-order valence-corrected chi connectivity index (χ0v) is 12.7. The summed E-state index contributed by atoms with van der Waals surface area (Å²) in [4.78, 5) is 11.9. The molecule has 0 aliphatic carbocycles. The molecule has 1 heterocycles. The molecule has 1 aliphatic rings. The molecule has 22 heavy (non-hydrogen) atoms. The second kappa shape index (κ2) is 6.34.